The Kier molecular flexibility index (Phi) is 4.06. The molecule has 10 heavy (non-hydrogen) atoms. The molecule has 0 rings (SSSR count). The summed E-state index contributed by atoms with van der Waals surface area (Å²) < 4.78 is 0. The summed E-state index contributed by atoms with van der Waals surface area (Å²) in [7, 11) is 0. The summed E-state index contributed by atoms with van der Waals surface area (Å²) in [6.07, 6.45) is 0.607. The molecule has 0 aromatic rings. The van der Waals surface area contributed by atoms with Crippen molar-refractivity contribution >= 4 is 0 Å². The van der Waals surface area contributed by atoms with Gasteiger partial charge in [0.25, 0.3) is 0 Å². The van der Waals surface area contributed by atoms with Gasteiger partial charge in [0.15, 0.2) is 0 Å². The van der Waals surface area contributed by atoms with Crippen LogP contribution in [0.25, 0.3) is 0 Å². The Bertz CT molecular complexity index is 116. The normalized spacial score (nSPS) is 11.0. The van der Waals surface area contributed by atoms with Crippen molar-refractivity contribution in [2.75, 3.05) is 13.1 Å². The number of hydrogen-bond acceptors (Lipinski definition) is 2. The van der Waals surface area contributed by atoms with E-state index in [1.165, 1.54) is 0 Å². The number of rotatable bonds is 3. The smallest absolute Gasteiger partial charge is 0.0635 e. The van der Waals surface area contributed by atoms with Crippen molar-refractivity contribution in [3.63, 3.8) is 0 Å². The maximum atomic E-state index is 8.21. The zero-order chi connectivity index (χ0) is 8.04. The molecule has 0 fully saturated rings. The third-order valence-electron chi connectivity index (χ3n) is 1.07. The average molecular weight is 140 g/mol. The molecule has 0 aliphatic carbocycles. The molecular formula is C8H16N2. The van der Waals surface area contributed by atoms with Gasteiger partial charge in [-0.1, -0.05) is 20.8 Å². The fraction of sp³-hybridized carbons (Fsp3) is 0.875. The Morgan fingerprint density at radius 2 is 2.00 bits per heavy atom. The van der Waals surface area contributed by atoms with Gasteiger partial charge in [0.2, 0.25) is 0 Å². The lowest BCUT2D eigenvalue weighted by Gasteiger charge is -2.17. The van der Waals surface area contributed by atoms with Gasteiger partial charge in [0, 0.05) is 19.5 Å². The van der Waals surface area contributed by atoms with E-state index in [2.05, 4.69) is 32.2 Å². The molecule has 0 aliphatic rings. The van der Waals surface area contributed by atoms with Crippen LogP contribution in [0.2, 0.25) is 0 Å². The largest absolute Gasteiger partial charge is 0.315 e. The van der Waals surface area contributed by atoms with Crippen LogP contribution < -0.4 is 5.32 Å². The molecule has 0 saturated heterocycles. The van der Waals surface area contributed by atoms with Crippen LogP contribution in [-0.4, -0.2) is 13.1 Å². The zero-order valence-corrected chi connectivity index (χ0v) is 7.07. The van der Waals surface area contributed by atoms with Gasteiger partial charge in [-0.05, 0) is 5.41 Å². The summed E-state index contributed by atoms with van der Waals surface area (Å²) in [6, 6.07) is 2.09. The summed E-state index contributed by atoms with van der Waals surface area (Å²) in [6.45, 7) is 8.31. The summed E-state index contributed by atoms with van der Waals surface area (Å²) in [5, 5.41) is 11.4. The Labute approximate surface area is 63.2 Å². The molecule has 0 saturated carbocycles. The predicted molar refractivity (Wildman–Crippen MR) is 42.6 cm³/mol. The SMILES string of the molecule is CC(C)(C)CNCCC#N. The predicted octanol–water partition coefficient (Wildman–Crippen LogP) is 1.54. The second kappa shape index (κ2) is 4.29. The molecule has 0 aromatic carbocycles. The highest BCUT2D eigenvalue weighted by molar-refractivity contribution is 4.72. The van der Waals surface area contributed by atoms with Gasteiger partial charge in [-0.3, -0.25) is 0 Å². The first-order valence-electron chi connectivity index (χ1n) is 3.64. The molecule has 0 amide bonds. The van der Waals surface area contributed by atoms with Gasteiger partial charge in [-0.15, -0.1) is 0 Å². The summed E-state index contributed by atoms with van der Waals surface area (Å²) in [5.41, 5.74) is 0.329. The van der Waals surface area contributed by atoms with E-state index in [9.17, 15) is 0 Å². The molecule has 1 N–H and O–H groups in total. The number of nitrogens with one attached hydrogen (secondary N) is 1. The fourth-order valence-corrected chi connectivity index (χ4v) is 0.608. The zero-order valence-electron chi connectivity index (χ0n) is 7.07. The Morgan fingerprint density at radius 3 is 2.40 bits per heavy atom. The van der Waals surface area contributed by atoms with Crippen molar-refractivity contribution in [1.82, 2.24) is 5.32 Å². The van der Waals surface area contributed by atoms with Gasteiger partial charge >= 0.3 is 0 Å². The van der Waals surface area contributed by atoms with Gasteiger partial charge in [0.1, 0.15) is 0 Å². The van der Waals surface area contributed by atoms with Crippen molar-refractivity contribution in [2.24, 2.45) is 5.41 Å². The van der Waals surface area contributed by atoms with Crippen LogP contribution in [-0.2, 0) is 0 Å². The molecule has 0 atom stereocenters. The molecule has 0 aliphatic heterocycles. The van der Waals surface area contributed by atoms with Crippen molar-refractivity contribution in [3.05, 3.63) is 0 Å². The standard InChI is InChI=1S/C8H16N2/c1-8(2,3)7-10-6-4-5-9/h10H,4,6-7H2,1-3H3. The van der Waals surface area contributed by atoms with Crippen molar-refractivity contribution in [2.45, 2.75) is 27.2 Å². The second-order valence-electron chi connectivity index (χ2n) is 3.65. The summed E-state index contributed by atoms with van der Waals surface area (Å²) in [5.74, 6) is 0. The third-order valence-corrected chi connectivity index (χ3v) is 1.07. The van der Waals surface area contributed by atoms with Crippen LogP contribution in [0, 0.1) is 16.7 Å². The van der Waals surface area contributed by atoms with E-state index in [0.717, 1.165) is 13.1 Å². The second-order valence-corrected chi connectivity index (χ2v) is 3.65. The minimum atomic E-state index is 0.329. The average Bonchev–Trinajstić information content (AvgIpc) is 1.78. The molecule has 0 heterocycles. The third kappa shape index (κ3) is 7.45. The molecule has 0 spiro atoms. The minimum Gasteiger partial charge on any atom is -0.315 e. The minimum absolute atomic E-state index is 0.329. The Hall–Kier alpha value is -0.550. The van der Waals surface area contributed by atoms with Gasteiger partial charge in [0.05, 0.1) is 6.07 Å². The number of nitrogens with zero attached hydrogens (tertiary/aromatic N) is 1. The lowest BCUT2D eigenvalue weighted by Crippen LogP contribution is -2.27. The molecule has 0 aromatic heterocycles. The van der Waals surface area contributed by atoms with Crippen molar-refractivity contribution < 1.29 is 0 Å². The van der Waals surface area contributed by atoms with Crippen molar-refractivity contribution in [1.29, 1.82) is 5.26 Å². The lowest BCUT2D eigenvalue weighted by atomic mass is 9.97. The van der Waals surface area contributed by atoms with Crippen LogP contribution in [0.3, 0.4) is 0 Å². The van der Waals surface area contributed by atoms with Crippen LogP contribution in [0.1, 0.15) is 27.2 Å². The van der Waals surface area contributed by atoms with Crippen LogP contribution >= 0.6 is 0 Å². The first-order chi connectivity index (χ1) is 4.56. The molecule has 0 unspecified atom stereocenters. The van der Waals surface area contributed by atoms with Gasteiger partial charge < -0.3 is 5.32 Å². The van der Waals surface area contributed by atoms with Crippen molar-refractivity contribution in [3.8, 4) is 6.07 Å². The summed E-state index contributed by atoms with van der Waals surface area (Å²) >= 11 is 0. The van der Waals surface area contributed by atoms with E-state index in [1.807, 2.05) is 0 Å². The highest BCUT2D eigenvalue weighted by atomic mass is 14.9. The molecule has 58 valence electrons. The first-order valence-corrected chi connectivity index (χ1v) is 3.64. The molecule has 2 nitrogen and oxygen atoms in total. The molecule has 2 heteroatoms. The highest BCUT2D eigenvalue weighted by Gasteiger charge is 2.07. The van der Waals surface area contributed by atoms with Crippen LogP contribution in [0.15, 0.2) is 0 Å². The van der Waals surface area contributed by atoms with E-state index in [1.54, 1.807) is 0 Å². The molecule has 0 radical (unpaired) electrons. The van der Waals surface area contributed by atoms with Gasteiger partial charge in [-0.2, -0.15) is 5.26 Å². The lowest BCUT2D eigenvalue weighted by molar-refractivity contribution is 0.382. The Morgan fingerprint density at radius 1 is 1.40 bits per heavy atom. The quantitative estimate of drug-likeness (QED) is 0.603. The number of nitriles is 1. The first kappa shape index (κ1) is 9.45. The van der Waals surface area contributed by atoms with E-state index >= 15 is 0 Å². The van der Waals surface area contributed by atoms with Crippen LogP contribution in [0.5, 0.6) is 0 Å². The van der Waals surface area contributed by atoms with Gasteiger partial charge in [-0.25, -0.2) is 0 Å². The maximum absolute atomic E-state index is 8.21. The summed E-state index contributed by atoms with van der Waals surface area (Å²) in [4.78, 5) is 0. The van der Waals surface area contributed by atoms with E-state index in [4.69, 9.17) is 5.26 Å². The number of hydrogen-bond donors (Lipinski definition) is 1. The Balaban J connectivity index is 3.14. The van der Waals surface area contributed by atoms with Crippen LogP contribution in [0.4, 0.5) is 0 Å². The van der Waals surface area contributed by atoms with E-state index < -0.39 is 0 Å². The highest BCUT2D eigenvalue weighted by Crippen LogP contribution is 2.09. The topological polar surface area (TPSA) is 35.8 Å². The maximum Gasteiger partial charge on any atom is 0.0635 e. The van der Waals surface area contributed by atoms with E-state index in [0.29, 0.717) is 11.8 Å². The molecule has 0 bridgehead atoms. The monoisotopic (exact) mass is 140 g/mol. The molecular weight excluding hydrogens is 124 g/mol. The fourth-order valence-electron chi connectivity index (χ4n) is 0.608. The van der Waals surface area contributed by atoms with E-state index in [-0.39, 0.29) is 0 Å².